The monoisotopic (exact) mass is 363 g/mol. The molecule has 0 saturated carbocycles. The standard InChI is InChI=1S/C18H13N5O2S/c24-18(13-6-9-26-11-13)22-14-2-4-15(5-3-14)25-17-10-16(19-12-20-17)23-8-1-7-21-23/h1-12H,(H,22,24). The lowest BCUT2D eigenvalue weighted by Gasteiger charge is -2.08. The lowest BCUT2D eigenvalue weighted by Crippen LogP contribution is -2.10. The van der Waals surface area contributed by atoms with Crippen molar-refractivity contribution < 1.29 is 9.53 Å². The summed E-state index contributed by atoms with van der Waals surface area (Å²) in [5.41, 5.74) is 1.33. The van der Waals surface area contributed by atoms with Gasteiger partial charge in [-0.1, -0.05) is 0 Å². The van der Waals surface area contributed by atoms with E-state index in [2.05, 4.69) is 20.4 Å². The quantitative estimate of drug-likeness (QED) is 0.584. The highest BCUT2D eigenvalue weighted by atomic mass is 32.1. The second-order valence-corrected chi connectivity index (χ2v) is 6.04. The molecule has 7 nitrogen and oxygen atoms in total. The number of hydrogen-bond acceptors (Lipinski definition) is 6. The molecule has 0 atom stereocenters. The number of nitrogens with one attached hydrogen (secondary N) is 1. The third-order valence-electron chi connectivity index (χ3n) is 3.48. The van der Waals surface area contributed by atoms with Crippen molar-refractivity contribution in [3.8, 4) is 17.4 Å². The number of aromatic nitrogens is 4. The third-order valence-corrected chi connectivity index (χ3v) is 4.17. The first-order valence-electron chi connectivity index (χ1n) is 7.71. The van der Waals surface area contributed by atoms with E-state index in [9.17, 15) is 4.79 Å². The second-order valence-electron chi connectivity index (χ2n) is 5.26. The zero-order valence-electron chi connectivity index (χ0n) is 13.4. The van der Waals surface area contributed by atoms with E-state index in [1.54, 1.807) is 58.9 Å². The van der Waals surface area contributed by atoms with Crippen LogP contribution in [0.2, 0.25) is 0 Å². The van der Waals surface area contributed by atoms with E-state index >= 15 is 0 Å². The van der Waals surface area contributed by atoms with E-state index in [0.717, 1.165) is 0 Å². The molecule has 1 amide bonds. The molecule has 0 spiro atoms. The summed E-state index contributed by atoms with van der Waals surface area (Å²) >= 11 is 1.48. The Balaban J connectivity index is 1.44. The summed E-state index contributed by atoms with van der Waals surface area (Å²) in [7, 11) is 0. The molecule has 0 aliphatic rings. The number of nitrogens with zero attached hydrogens (tertiary/aromatic N) is 4. The van der Waals surface area contributed by atoms with Crippen molar-refractivity contribution in [3.05, 3.63) is 77.5 Å². The lowest BCUT2D eigenvalue weighted by molar-refractivity contribution is 0.102. The summed E-state index contributed by atoms with van der Waals surface area (Å²) in [6, 6.07) is 12.4. The van der Waals surface area contributed by atoms with Gasteiger partial charge >= 0.3 is 0 Å². The summed E-state index contributed by atoms with van der Waals surface area (Å²) in [5, 5.41) is 10.6. The van der Waals surface area contributed by atoms with Gasteiger partial charge in [-0.05, 0) is 41.8 Å². The van der Waals surface area contributed by atoms with Crippen molar-refractivity contribution in [2.75, 3.05) is 5.32 Å². The van der Waals surface area contributed by atoms with Gasteiger partial charge in [0.15, 0.2) is 5.82 Å². The highest BCUT2D eigenvalue weighted by Crippen LogP contribution is 2.22. The fraction of sp³-hybridized carbons (Fsp3) is 0. The normalized spacial score (nSPS) is 10.5. The Bertz CT molecular complexity index is 999. The van der Waals surface area contributed by atoms with Gasteiger partial charge in [-0.15, -0.1) is 0 Å². The van der Waals surface area contributed by atoms with E-state index in [0.29, 0.717) is 28.7 Å². The maximum atomic E-state index is 12.0. The molecule has 1 aromatic carbocycles. The van der Waals surface area contributed by atoms with Crippen molar-refractivity contribution in [3.63, 3.8) is 0 Å². The molecule has 0 aliphatic carbocycles. The maximum absolute atomic E-state index is 12.0. The summed E-state index contributed by atoms with van der Waals surface area (Å²) in [6.07, 6.45) is 4.88. The summed E-state index contributed by atoms with van der Waals surface area (Å²) in [5.74, 6) is 1.48. The number of anilines is 1. The van der Waals surface area contributed by atoms with Gasteiger partial charge in [0, 0.05) is 29.5 Å². The van der Waals surface area contributed by atoms with Crippen LogP contribution in [0.4, 0.5) is 5.69 Å². The number of rotatable bonds is 5. The second kappa shape index (κ2) is 7.16. The molecule has 128 valence electrons. The van der Waals surface area contributed by atoms with Crippen LogP contribution in [-0.2, 0) is 0 Å². The Hall–Kier alpha value is -3.52. The first kappa shape index (κ1) is 16.0. The highest BCUT2D eigenvalue weighted by Gasteiger charge is 2.07. The zero-order valence-corrected chi connectivity index (χ0v) is 14.3. The Morgan fingerprint density at radius 3 is 2.77 bits per heavy atom. The van der Waals surface area contributed by atoms with Crippen molar-refractivity contribution in [1.29, 1.82) is 0 Å². The molecule has 4 aromatic rings. The Morgan fingerprint density at radius 1 is 1.15 bits per heavy atom. The minimum absolute atomic E-state index is 0.139. The van der Waals surface area contributed by atoms with Crippen LogP contribution in [0.15, 0.2) is 71.9 Å². The molecular weight excluding hydrogens is 350 g/mol. The summed E-state index contributed by atoms with van der Waals surface area (Å²) < 4.78 is 7.37. The van der Waals surface area contributed by atoms with Gasteiger partial charge < -0.3 is 10.1 Å². The molecule has 0 radical (unpaired) electrons. The summed E-state index contributed by atoms with van der Waals surface area (Å²) in [4.78, 5) is 20.3. The molecule has 8 heteroatoms. The van der Waals surface area contributed by atoms with Crippen LogP contribution in [0, 0.1) is 0 Å². The molecule has 1 N–H and O–H groups in total. The smallest absolute Gasteiger partial charge is 0.256 e. The molecule has 3 aromatic heterocycles. The summed E-state index contributed by atoms with van der Waals surface area (Å²) in [6.45, 7) is 0. The first-order valence-corrected chi connectivity index (χ1v) is 8.66. The molecule has 4 rings (SSSR count). The van der Waals surface area contributed by atoms with E-state index in [4.69, 9.17) is 4.74 Å². The van der Waals surface area contributed by atoms with Crippen LogP contribution in [-0.4, -0.2) is 25.7 Å². The van der Waals surface area contributed by atoms with Gasteiger partial charge in [0.2, 0.25) is 5.88 Å². The molecule has 0 fully saturated rings. The number of benzene rings is 1. The van der Waals surface area contributed by atoms with E-state index in [-0.39, 0.29) is 5.91 Å². The largest absolute Gasteiger partial charge is 0.439 e. The molecule has 0 saturated heterocycles. The average molecular weight is 363 g/mol. The SMILES string of the molecule is O=C(Nc1ccc(Oc2cc(-n3cccn3)ncn2)cc1)c1ccsc1. The molecular formula is C18H13N5O2S. The van der Waals surface area contributed by atoms with Crippen molar-refractivity contribution in [1.82, 2.24) is 19.7 Å². The van der Waals surface area contributed by atoms with E-state index < -0.39 is 0 Å². The van der Waals surface area contributed by atoms with E-state index in [1.807, 2.05) is 11.4 Å². The van der Waals surface area contributed by atoms with Crippen LogP contribution < -0.4 is 10.1 Å². The Labute approximate surface area is 152 Å². The lowest BCUT2D eigenvalue weighted by atomic mass is 10.2. The number of hydrogen-bond donors (Lipinski definition) is 1. The highest BCUT2D eigenvalue weighted by molar-refractivity contribution is 7.08. The van der Waals surface area contributed by atoms with Gasteiger partial charge in [-0.2, -0.15) is 16.4 Å². The first-order chi connectivity index (χ1) is 12.8. The third kappa shape index (κ3) is 3.60. The molecule has 0 bridgehead atoms. The van der Waals surface area contributed by atoms with Crippen LogP contribution in [0.1, 0.15) is 10.4 Å². The topological polar surface area (TPSA) is 81.9 Å². The number of amides is 1. The number of carbonyl (C=O) groups excluding carboxylic acids is 1. The Kier molecular flexibility index (Phi) is 4.40. The molecule has 3 heterocycles. The molecule has 0 aliphatic heterocycles. The Morgan fingerprint density at radius 2 is 2.04 bits per heavy atom. The average Bonchev–Trinajstić information content (AvgIpc) is 3.38. The molecule has 0 unspecified atom stereocenters. The van der Waals surface area contributed by atoms with E-state index in [1.165, 1.54) is 17.7 Å². The molecule has 26 heavy (non-hydrogen) atoms. The van der Waals surface area contributed by atoms with Crippen molar-refractivity contribution in [2.45, 2.75) is 0 Å². The van der Waals surface area contributed by atoms with Crippen molar-refractivity contribution >= 4 is 22.9 Å². The number of thiophene rings is 1. The predicted octanol–water partition coefficient (Wildman–Crippen LogP) is 3.77. The van der Waals surface area contributed by atoms with Crippen LogP contribution in [0.25, 0.3) is 5.82 Å². The van der Waals surface area contributed by atoms with Gasteiger partial charge in [-0.3, -0.25) is 4.79 Å². The van der Waals surface area contributed by atoms with Gasteiger partial charge in [0.1, 0.15) is 12.1 Å². The zero-order chi connectivity index (χ0) is 17.8. The van der Waals surface area contributed by atoms with Crippen LogP contribution >= 0.6 is 11.3 Å². The number of ether oxygens (including phenoxy) is 1. The van der Waals surface area contributed by atoms with Crippen LogP contribution in [0.5, 0.6) is 11.6 Å². The van der Waals surface area contributed by atoms with Gasteiger partial charge in [0.05, 0.1) is 5.56 Å². The fourth-order valence-corrected chi connectivity index (χ4v) is 2.88. The maximum Gasteiger partial charge on any atom is 0.256 e. The minimum atomic E-state index is -0.139. The van der Waals surface area contributed by atoms with Gasteiger partial charge in [-0.25, -0.2) is 14.6 Å². The van der Waals surface area contributed by atoms with Crippen molar-refractivity contribution in [2.24, 2.45) is 0 Å². The van der Waals surface area contributed by atoms with Gasteiger partial charge in [0.25, 0.3) is 5.91 Å². The number of carbonyl (C=O) groups is 1. The van der Waals surface area contributed by atoms with Crippen LogP contribution in [0.3, 0.4) is 0 Å². The predicted molar refractivity (Wildman–Crippen MR) is 97.9 cm³/mol. The minimum Gasteiger partial charge on any atom is -0.439 e. The fourth-order valence-electron chi connectivity index (χ4n) is 2.24.